The summed E-state index contributed by atoms with van der Waals surface area (Å²) in [6.45, 7) is 9.36. The highest BCUT2D eigenvalue weighted by molar-refractivity contribution is 6.73. The SMILES string of the molecule is CC[Si](CC)(CC)O[C@H](C)[C@H]1C(=O)N[C@@H]1[C@@H](C)C(=O)C(=[N+]=[N-])C(=O)OCc1ccc([N+](=O)[O-])cc1. The van der Waals surface area contributed by atoms with Crippen LogP contribution in [0.25, 0.3) is 5.53 Å². The van der Waals surface area contributed by atoms with Crippen molar-refractivity contribution in [2.24, 2.45) is 11.8 Å². The molecule has 1 saturated heterocycles. The molecule has 2 rings (SSSR count). The van der Waals surface area contributed by atoms with Crippen LogP contribution in [-0.2, 0) is 30.2 Å². The summed E-state index contributed by atoms with van der Waals surface area (Å²) in [4.78, 5) is 50.8. The molecule has 11 nitrogen and oxygen atoms in total. The van der Waals surface area contributed by atoms with Gasteiger partial charge in [0.25, 0.3) is 11.5 Å². The number of nitro benzene ring substituents is 1. The lowest BCUT2D eigenvalue weighted by atomic mass is 9.76. The van der Waals surface area contributed by atoms with Crippen molar-refractivity contribution in [3.63, 3.8) is 0 Å². The molecule has 190 valence electrons. The minimum atomic E-state index is -1.99. The molecule has 35 heavy (non-hydrogen) atoms. The van der Waals surface area contributed by atoms with Crippen LogP contribution < -0.4 is 5.32 Å². The molecule has 0 aromatic heterocycles. The third-order valence-electron chi connectivity index (χ3n) is 6.87. The van der Waals surface area contributed by atoms with Gasteiger partial charge in [0, 0.05) is 18.1 Å². The minimum absolute atomic E-state index is 0.117. The van der Waals surface area contributed by atoms with Gasteiger partial charge in [0.2, 0.25) is 5.91 Å². The molecule has 0 aliphatic carbocycles. The Labute approximate surface area is 205 Å². The largest absolute Gasteiger partial charge is 0.452 e. The Kier molecular flexibility index (Phi) is 9.58. The summed E-state index contributed by atoms with van der Waals surface area (Å²) >= 11 is 0. The zero-order chi connectivity index (χ0) is 26.3. The molecule has 1 aliphatic heterocycles. The third kappa shape index (κ3) is 6.27. The van der Waals surface area contributed by atoms with Gasteiger partial charge in [-0.25, -0.2) is 4.79 Å². The van der Waals surface area contributed by atoms with Crippen LogP contribution in [0.5, 0.6) is 0 Å². The summed E-state index contributed by atoms with van der Waals surface area (Å²) in [5, 5.41) is 13.5. The Balaban J connectivity index is 2.05. The summed E-state index contributed by atoms with van der Waals surface area (Å²) < 4.78 is 11.5. The fourth-order valence-electron chi connectivity index (χ4n) is 4.33. The molecule has 0 bridgehead atoms. The number of ketones is 1. The number of esters is 1. The van der Waals surface area contributed by atoms with Crippen molar-refractivity contribution >= 4 is 37.4 Å². The van der Waals surface area contributed by atoms with Crippen LogP contribution in [-0.4, -0.2) is 53.5 Å². The molecule has 1 fully saturated rings. The lowest BCUT2D eigenvalue weighted by molar-refractivity contribution is -0.384. The number of benzene rings is 1. The van der Waals surface area contributed by atoms with Gasteiger partial charge in [-0.1, -0.05) is 27.7 Å². The van der Waals surface area contributed by atoms with E-state index in [4.69, 9.17) is 9.16 Å². The third-order valence-corrected chi connectivity index (χ3v) is 11.6. The Morgan fingerprint density at radius 2 is 1.74 bits per heavy atom. The van der Waals surface area contributed by atoms with Gasteiger partial charge in [-0.3, -0.25) is 19.7 Å². The zero-order valence-corrected chi connectivity index (χ0v) is 21.6. The van der Waals surface area contributed by atoms with Crippen LogP contribution in [0.1, 0.15) is 40.2 Å². The highest BCUT2D eigenvalue weighted by atomic mass is 28.4. The number of nitrogens with zero attached hydrogens (tertiary/aromatic N) is 3. The second-order valence-electron chi connectivity index (χ2n) is 8.73. The van der Waals surface area contributed by atoms with Gasteiger partial charge in [0.15, 0.2) is 8.32 Å². The van der Waals surface area contributed by atoms with Gasteiger partial charge in [0.05, 0.1) is 23.0 Å². The monoisotopic (exact) mass is 504 g/mol. The molecule has 1 aromatic rings. The van der Waals surface area contributed by atoms with E-state index in [1.807, 2.05) is 6.92 Å². The smallest absolute Gasteiger partial charge is 0.441 e. The molecule has 1 aliphatic rings. The lowest BCUT2D eigenvalue weighted by Crippen LogP contribution is -2.67. The molecule has 0 spiro atoms. The first-order chi connectivity index (χ1) is 16.5. The number of nitro groups is 1. The minimum Gasteiger partial charge on any atom is -0.452 e. The van der Waals surface area contributed by atoms with Crippen molar-refractivity contribution in [3.8, 4) is 0 Å². The van der Waals surface area contributed by atoms with Gasteiger partial charge < -0.3 is 20.0 Å². The highest BCUT2D eigenvalue weighted by Crippen LogP contribution is 2.32. The average molecular weight is 505 g/mol. The predicted octanol–water partition coefficient (Wildman–Crippen LogP) is 3.04. The number of hydrogen-bond donors (Lipinski definition) is 1. The Morgan fingerprint density at radius 1 is 1.17 bits per heavy atom. The van der Waals surface area contributed by atoms with Gasteiger partial charge in [0.1, 0.15) is 6.61 Å². The molecule has 1 heterocycles. The fourth-order valence-corrected chi connectivity index (χ4v) is 7.26. The van der Waals surface area contributed by atoms with E-state index in [2.05, 4.69) is 30.9 Å². The zero-order valence-electron chi connectivity index (χ0n) is 20.6. The summed E-state index contributed by atoms with van der Waals surface area (Å²) in [7, 11) is -1.99. The lowest BCUT2D eigenvalue weighted by Gasteiger charge is -2.45. The first-order valence-corrected chi connectivity index (χ1v) is 14.2. The van der Waals surface area contributed by atoms with E-state index in [-0.39, 0.29) is 18.2 Å². The van der Waals surface area contributed by atoms with Crippen molar-refractivity contribution in [2.45, 2.75) is 71.5 Å². The standard InChI is InChI=1S/C23H32N4O7Si/c1-6-35(7-2,8-3)34-15(5)18-19(25-22(18)29)14(4)21(28)20(26-24)23(30)33-13-16-9-11-17(12-10-16)27(31)32/h9-12,14-15,18-19H,6-8,13H2,1-5H3,(H,25,29)/t14-,15-,18-,19-/m1/s1. The average Bonchev–Trinajstić information content (AvgIpc) is 2.84. The van der Waals surface area contributed by atoms with E-state index in [1.54, 1.807) is 6.92 Å². The maximum atomic E-state index is 13.0. The first kappa shape index (κ1) is 28.0. The molecule has 1 amide bonds. The van der Waals surface area contributed by atoms with Crippen molar-refractivity contribution in [3.05, 3.63) is 45.5 Å². The predicted molar refractivity (Wildman–Crippen MR) is 129 cm³/mol. The van der Waals surface area contributed by atoms with Crippen molar-refractivity contribution in [2.75, 3.05) is 0 Å². The number of carbonyl (C=O) groups is 3. The molecule has 12 heteroatoms. The van der Waals surface area contributed by atoms with Gasteiger partial charge >= 0.3 is 11.7 Å². The number of nitrogens with one attached hydrogen (secondary N) is 1. The summed E-state index contributed by atoms with van der Waals surface area (Å²) in [6, 6.07) is 7.50. The van der Waals surface area contributed by atoms with E-state index in [1.165, 1.54) is 24.3 Å². The van der Waals surface area contributed by atoms with Crippen LogP contribution in [0.3, 0.4) is 0 Å². The number of rotatable bonds is 13. The topological polar surface area (TPSA) is 161 Å². The van der Waals surface area contributed by atoms with Crippen LogP contribution in [0.2, 0.25) is 18.1 Å². The van der Waals surface area contributed by atoms with E-state index in [0.29, 0.717) is 5.56 Å². The molecule has 0 unspecified atom stereocenters. The molecule has 4 atom stereocenters. The number of β-lactam (4-membered cyclic amide) rings is 1. The summed E-state index contributed by atoms with van der Waals surface area (Å²) in [5.74, 6) is -3.56. The normalized spacial score (nSPS) is 18.9. The first-order valence-electron chi connectivity index (χ1n) is 11.7. The maximum Gasteiger partial charge on any atom is 0.441 e. The molecular formula is C23H32N4O7Si. The van der Waals surface area contributed by atoms with Gasteiger partial charge in [-0.2, -0.15) is 4.79 Å². The van der Waals surface area contributed by atoms with Crippen LogP contribution in [0.15, 0.2) is 24.3 Å². The van der Waals surface area contributed by atoms with Gasteiger partial charge in [-0.15, -0.1) is 0 Å². The number of amides is 1. The van der Waals surface area contributed by atoms with E-state index >= 15 is 0 Å². The Hall–Kier alpha value is -3.21. The van der Waals surface area contributed by atoms with E-state index in [0.717, 1.165) is 18.1 Å². The second kappa shape index (κ2) is 12.0. The molecule has 1 aromatic carbocycles. The van der Waals surface area contributed by atoms with Crippen LogP contribution >= 0.6 is 0 Å². The number of Topliss-reactive ketones (excluding diaryl/α,β-unsaturated/α-hetero) is 1. The number of non-ortho nitro benzene ring substituents is 1. The summed E-state index contributed by atoms with van der Waals surface area (Å²) in [6.07, 6.45) is -0.404. The van der Waals surface area contributed by atoms with E-state index in [9.17, 15) is 30.0 Å². The fraction of sp³-hybridized carbons (Fsp3) is 0.565. The number of ether oxygens (including phenoxy) is 1. The second-order valence-corrected chi connectivity index (χ2v) is 13.5. The molecular weight excluding hydrogens is 472 g/mol. The van der Waals surface area contributed by atoms with E-state index < -0.39 is 54.7 Å². The highest BCUT2D eigenvalue weighted by Gasteiger charge is 2.52. The maximum absolute atomic E-state index is 13.0. The number of carbonyl (C=O) groups excluding carboxylic acids is 3. The van der Waals surface area contributed by atoms with Gasteiger partial charge in [-0.05, 0) is 42.8 Å². The van der Waals surface area contributed by atoms with Crippen LogP contribution in [0.4, 0.5) is 5.69 Å². The van der Waals surface area contributed by atoms with Crippen molar-refractivity contribution in [1.82, 2.24) is 5.32 Å². The number of hydrogen-bond acceptors (Lipinski definition) is 7. The van der Waals surface area contributed by atoms with Crippen molar-refractivity contribution in [1.29, 1.82) is 0 Å². The van der Waals surface area contributed by atoms with Crippen LogP contribution in [0, 0.1) is 22.0 Å². The molecule has 1 N–H and O–H groups in total. The molecule has 0 saturated carbocycles. The summed E-state index contributed by atoms with van der Waals surface area (Å²) in [5.41, 5.74) is 8.89. The van der Waals surface area contributed by atoms with Crippen molar-refractivity contribution < 1.29 is 33.3 Å². The Bertz CT molecular complexity index is 1010. The Morgan fingerprint density at radius 3 is 2.20 bits per heavy atom. The quantitative estimate of drug-likeness (QED) is 0.0497. The molecule has 0 radical (unpaired) electrons.